The van der Waals surface area contributed by atoms with Gasteiger partial charge in [0.2, 0.25) is 11.8 Å². The van der Waals surface area contributed by atoms with E-state index in [9.17, 15) is 9.59 Å². The van der Waals surface area contributed by atoms with Crippen LogP contribution in [0.25, 0.3) is 0 Å². The number of ether oxygens (including phenoxy) is 1. The highest BCUT2D eigenvalue weighted by atomic mass is 16.7. The van der Waals surface area contributed by atoms with E-state index in [0.29, 0.717) is 37.8 Å². The molecule has 0 spiro atoms. The second-order valence-corrected chi connectivity index (χ2v) is 10.6. The fourth-order valence-corrected chi connectivity index (χ4v) is 4.80. The van der Waals surface area contributed by atoms with Gasteiger partial charge in [-0.25, -0.2) is 9.59 Å². The van der Waals surface area contributed by atoms with E-state index in [0.717, 1.165) is 18.4 Å². The maximum absolute atomic E-state index is 13.2. The lowest BCUT2D eigenvalue weighted by Gasteiger charge is -2.24. The summed E-state index contributed by atoms with van der Waals surface area (Å²) in [5.74, 6) is 1.04. The number of alkyl carbamates (subject to hydrolysis) is 1. The van der Waals surface area contributed by atoms with Crippen LogP contribution in [0, 0.1) is 0 Å². The van der Waals surface area contributed by atoms with Crippen LogP contribution >= 0.6 is 0 Å². The number of amides is 3. The van der Waals surface area contributed by atoms with E-state index in [4.69, 9.17) is 14.0 Å². The quantitative estimate of drug-likeness (QED) is 0.548. The molecule has 0 bridgehead atoms. The summed E-state index contributed by atoms with van der Waals surface area (Å²) in [5.41, 5.74) is 0.464. The van der Waals surface area contributed by atoms with Gasteiger partial charge in [0.25, 0.3) is 0 Å². The maximum atomic E-state index is 13.2. The van der Waals surface area contributed by atoms with Crippen molar-refractivity contribution in [3.05, 3.63) is 47.7 Å². The summed E-state index contributed by atoms with van der Waals surface area (Å²) < 4.78 is 11.5. The van der Waals surface area contributed by atoms with Crippen molar-refractivity contribution in [2.75, 3.05) is 6.54 Å². The number of urea groups is 1. The van der Waals surface area contributed by atoms with E-state index in [1.54, 1.807) is 4.90 Å². The molecule has 3 amide bonds. The summed E-state index contributed by atoms with van der Waals surface area (Å²) in [6.07, 6.45) is 2.58. The van der Waals surface area contributed by atoms with Crippen molar-refractivity contribution in [2.45, 2.75) is 96.6 Å². The fraction of sp³-hybridized carbons (Fsp3) is 0.615. The Morgan fingerprint density at radius 3 is 2.67 bits per heavy atom. The fourth-order valence-electron chi connectivity index (χ4n) is 4.80. The average Bonchev–Trinajstić information content (AvgIpc) is 3.53. The van der Waals surface area contributed by atoms with Crippen molar-refractivity contribution in [1.29, 1.82) is 0 Å². The van der Waals surface area contributed by atoms with Gasteiger partial charge >= 0.3 is 12.1 Å². The summed E-state index contributed by atoms with van der Waals surface area (Å²) in [6, 6.07) is 9.13. The van der Waals surface area contributed by atoms with Crippen LogP contribution in [-0.2, 0) is 16.2 Å². The van der Waals surface area contributed by atoms with Gasteiger partial charge in [-0.15, -0.1) is 10.2 Å². The first kappa shape index (κ1) is 25.9. The van der Waals surface area contributed by atoms with Crippen LogP contribution in [0.2, 0.25) is 0 Å². The molecule has 1 aromatic carbocycles. The third-order valence-electron chi connectivity index (χ3n) is 6.52. The molecule has 196 valence electrons. The zero-order chi connectivity index (χ0) is 25.9. The zero-order valence-corrected chi connectivity index (χ0v) is 21.8. The molecule has 1 saturated heterocycles. The Balaban J connectivity index is 1.35. The molecule has 4 unspecified atom stereocenters. The molecular weight excluding hydrogens is 462 g/mol. The zero-order valence-electron chi connectivity index (χ0n) is 21.8. The van der Waals surface area contributed by atoms with Crippen LogP contribution in [0.3, 0.4) is 0 Å². The Labute approximate surface area is 212 Å². The van der Waals surface area contributed by atoms with Crippen molar-refractivity contribution < 1.29 is 23.6 Å². The van der Waals surface area contributed by atoms with E-state index >= 15 is 0 Å². The first-order valence-electron chi connectivity index (χ1n) is 12.7. The number of carbonyl (C=O) groups is 2. The molecular formula is C26H37N5O5. The summed E-state index contributed by atoms with van der Waals surface area (Å²) in [7, 11) is 0. The molecule has 36 heavy (non-hydrogen) atoms. The minimum atomic E-state index is -0.536. The van der Waals surface area contributed by atoms with Crippen molar-refractivity contribution in [3.63, 3.8) is 0 Å². The van der Waals surface area contributed by atoms with Crippen molar-refractivity contribution in [3.8, 4) is 0 Å². The second kappa shape index (κ2) is 10.9. The summed E-state index contributed by atoms with van der Waals surface area (Å²) in [4.78, 5) is 32.9. The number of nitrogens with zero attached hydrogens (tertiary/aromatic N) is 4. The number of hydroxylamine groups is 2. The SMILES string of the molecule is CCC(c1nnc(C2CCC(NC(=O)OC(C)(C)C)C2)o1)N1CC(C)N(OCc2ccccc2)C1=O. The molecule has 1 aliphatic heterocycles. The van der Waals surface area contributed by atoms with Gasteiger partial charge in [0.1, 0.15) is 18.2 Å². The number of nitrogens with one attached hydrogen (secondary N) is 1. The lowest BCUT2D eigenvalue weighted by atomic mass is 10.1. The van der Waals surface area contributed by atoms with Crippen molar-refractivity contribution in [1.82, 2.24) is 25.5 Å². The highest BCUT2D eigenvalue weighted by molar-refractivity contribution is 5.76. The van der Waals surface area contributed by atoms with Crippen LogP contribution < -0.4 is 5.32 Å². The Bertz CT molecular complexity index is 1040. The first-order valence-corrected chi connectivity index (χ1v) is 12.7. The minimum Gasteiger partial charge on any atom is -0.444 e. The van der Waals surface area contributed by atoms with Gasteiger partial charge in [0, 0.05) is 18.5 Å². The third kappa shape index (κ3) is 6.16. The van der Waals surface area contributed by atoms with Crippen molar-refractivity contribution >= 4 is 12.1 Å². The minimum absolute atomic E-state index is 0.00139. The molecule has 1 aliphatic carbocycles. The van der Waals surface area contributed by atoms with Crippen LogP contribution in [0.4, 0.5) is 9.59 Å². The monoisotopic (exact) mass is 499 g/mol. The van der Waals surface area contributed by atoms with E-state index in [-0.39, 0.29) is 30.1 Å². The number of benzene rings is 1. The Kier molecular flexibility index (Phi) is 7.82. The van der Waals surface area contributed by atoms with Crippen molar-refractivity contribution in [2.24, 2.45) is 0 Å². The van der Waals surface area contributed by atoms with Gasteiger partial charge in [-0.3, -0.25) is 4.84 Å². The number of carbonyl (C=O) groups excluding carboxylic acids is 2. The highest BCUT2D eigenvalue weighted by Crippen LogP contribution is 2.36. The predicted octanol–water partition coefficient (Wildman–Crippen LogP) is 4.94. The van der Waals surface area contributed by atoms with E-state index in [2.05, 4.69) is 15.5 Å². The normalized spacial score (nSPS) is 23.2. The number of hydrogen-bond acceptors (Lipinski definition) is 7. The molecule has 0 radical (unpaired) electrons. The van der Waals surface area contributed by atoms with Gasteiger partial charge in [-0.1, -0.05) is 37.3 Å². The molecule has 2 fully saturated rings. The molecule has 1 N–H and O–H groups in total. The van der Waals surface area contributed by atoms with Gasteiger partial charge in [0.05, 0.1) is 6.04 Å². The van der Waals surface area contributed by atoms with E-state index in [1.807, 2.05) is 65.0 Å². The summed E-state index contributed by atoms with van der Waals surface area (Å²) >= 11 is 0. The van der Waals surface area contributed by atoms with Gasteiger partial charge in [-0.05, 0) is 58.9 Å². The van der Waals surface area contributed by atoms with Crippen LogP contribution in [0.5, 0.6) is 0 Å². The maximum Gasteiger partial charge on any atom is 0.407 e. The molecule has 2 aliphatic rings. The molecule has 4 atom stereocenters. The van der Waals surface area contributed by atoms with Crippen LogP contribution in [0.1, 0.15) is 89.6 Å². The van der Waals surface area contributed by atoms with Gasteiger partial charge in [-0.2, -0.15) is 5.06 Å². The lowest BCUT2D eigenvalue weighted by molar-refractivity contribution is -0.137. The summed E-state index contributed by atoms with van der Waals surface area (Å²) in [6.45, 7) is 10.3. The Morgan fingerprint density at radius 2 is 1.97 bits per heavy atom. The number of aromatic nitrogens is 2. The third-order valence-corrected chi connectivity index (χ3v) is 6.52. The highest BCUT2D eigenvalue weighted by Gasteiger charge is 2.42. The Hall–Kier alpha value is -3.14. The molecule has 1 aromatic heterocycles. The smallest absolute Gasteiger partial charge is 0.407 e. The molecule has 2 aromatic rings. The topological polar surface area (TPSA) is 110 Å². The number of rotatable bonds is 8. The molecule has 10 nitrogen and oxygen atoms in total. The van der Waals surface area contributed by atoms with E-state index < -0.39 is 11.7 Å². The molecule has 1 saturated carbocycles. The number of hydrogen-bond donors (Lipinski definition) is 1. The van der Waals surface area contributed by atoms with Gasteiger partial charge < -0.3 is 19.4 Å². The van der Waals surface area contributed by atoms with E-state index in [1.165, 1.54) is 5.06 Å². The lowest BCUT2D eigenvalue weighted by Crippen LogP contribution is -2.37. The molecule has 10 heteroatoms. The Morgan fingerprint density at radius 1 is 1.22 bits per heavy atom. The largest absolute Gasteiger partial charge is 0.444 e. The average molecular weight is 500 g/mol. The van der Waals surface area contributed by atoms with Gasteiger partial charge in [0.15, 0.2) is 0 Å². The summed E-state index contributed by atoms with van der Waals surface area (Å²) in [5, 5.41) is 13.0. The first-order chi connectivity index (χ1) is 17.1. The molecule has 2 heterocycles. The van der Waals surface area contributed by atoms with Crippen LogP contribution in [0.15, 0.2) is 34.7 Å². The predicted molar refractivity (Wildman–Crippen MR) is 132 cm³/mol. The standard InChI is InChI=1S/C26H37N5O5/c1-6-21(30-15-17(2)31(25(30)33)34-16-18-10-8-7-9-11-18)23-29-28-22(35-23)19-12-13-20(14-19)27-24(32)36-26(3,4)5/h7-11,17,19-21H,6,12-16H2,1-5H3,(H,27,32). The van der Waals surface area contributed by atoms with Crippen LogP contribution in [-0.4, -0.2) is 56.5 Å². The molecule has 4 rings (SSSR count). The second-order valence-electron chi connectivity index (χ2n) is 10.6.